The van der Waals surface area contributed by atoms with E-state index in [1.165, 1.54) is 6.07 Å². The van der Waals surface area contributed by atoms with Gasteiger partial charge in [0.05, 0.1) is 0 Å². The van der Waals surface area contributed by atoms with Crippen LogP contribution < -0.4 is 4.74 Å². The molecule has 1 fully saturated rings. The molecular formula is C24H21F6NO. The summed E-state index contributed by atoms with van der Waals surface area (Å²) < 4.78 is 89.8. The van der Waals surface area contributed by atoms with Crippen molar-refractivity contribution in [2.45, 2.75) is 51.1 Å². The molecule has 0 heterocycles. The Morgan fingerprint density at radius 2 is 1.53 bits per heavy atom. The number of alkyl halides is 2. The predicted octanol–water partition coefficient (Wildman–Crippen LogP) is 7.48. The molecule has 170 valence electrons. The normalized spacial score (nSPS) is 19.2. The molecular weight excluding hydrogens is 432 g/mol. The van der Waals surface area contributed by atoms with E-state index in [0.717, 1.165) is 31.4 Å². The minimum Gasteiger partial charge on any atom is -0.429 e. The summed E-state index contributed by atoms with van der Waals surface area (Å²) in [5.41, 5.74) is -2.35. The molecule has 0 amide bonds. The topological polar surface area (TPSA) is 33.0 Å². The van der Waals surface area contributed by atoms with Gasteiger partial charge in [0.15, 0.2) is 0 Å². The molecule has 1 aliphatic rings. The fourth-order valence-corrected chi connectivity index (χ4v) is 3.99. The molecule has 0 aromatic heterocycles. The second-order valence-corrected chi connectivity index (χ2v) is 7.80. The van der Waals surface area contributed by atoms with Gasteiger partial charge in [-0.1, -0.05) is 19.1 Å². The highest BCUT2D eigenvalue weighted by atomic mass is 19.3. The molecule has 32 heavy (non-hydrogen) atoms. The fourth-order valence-electron chi connectivity index (χ4n) is 3.99. The van der Waals surface area contributed by atoms with Crippen LogP contribution in [0.3, 0.4) is 0 Å². The van der Waals surface area contributed by atoms with Gasteiger partial charge in [-0.15, -0.1) is 0 Å². The van der Waals surface area contributed by atoms with Crippen molar-refractivity contribution in [2.24, 2.45) is 5.92 Å². The summed E-state index contributed by atoms with van der Waals surface area (Å²) >= 11 is 0. The van der Waals surface area contributed by atoms with Gasteiger partial charge in [0.1, 0.15) is 46.2 Å². The van der Waals surface area contributed by atoms with E-state index in [9.17, 15) is 26.3 Å². The Kier molecular flexibility index (Phi) is 7.17. The smallest absolute Gasteiger partial charge is 0.429 e. The van der Waals surface area contributed by atoms with Gasteiger partial charge in [0, 0.05) is 12.1 Å². The highest BCUT2D eigenvalue weighted by molar-refractivity contribution is 5.39. The number of benzene rings is 2. The summed E-state index contributed by atoms with van der Waals surface area (Å²) in [4.78, 5) is 0. The number of halogens is 6. The molecule has 0 radical (unpaired) electrons. The van der Waals surface area contributed by atoms with Gasteiger partial charge >= 0.3 is 6.11 Å². The molecule has 0 aliphatic heterocycles. The highest BCUT2D eigenvalue weighted by Gasteiger charge is 2.42. The molecule has 0 spiro atoms. The number of rotatable bonds is 6. The molecule has 1 saturated carbocycles. The number of ether oxygens (including phenoxy) is 1. The van der Waals surface area contributed by atoms with E-state index in [-0.39, 0.29) is 11.5 Å². The summed E-state index contributed by atoms with van der Waals surface area (Å²) in [7, 11) is 0. The van der Waals surface area contributed by atoms with Crippen LogP contribution in [0, 0.1) is 40.5 Å². The van der Waals surface area contributed by atoms with Crippen LogP contribution in [0.25, 0.3) is 0 Å². The van der Waals surface area contributed by atoms with E-state index in [4.69, 9.17) is 5.26 Å². The van der Waals surface area contributed by atoms with Crippen LogP contribution in [0.15, 0.2) is 36.4 Å². The number of allylic oxidation sites excluding steroid dienone is 2. The number of nitriles is 1. The lowest BCUT2D eigenvalue weighted by atomic mass is 9.78. The van der Waals surface area contributed by atoms with Gasteiger partial charge in [0.25, 0.3) is 0 Å². The average molecular weight is 453 g/mol. The Morgan fingerprint density at radius 1 is 0.969 bits per heavy atom. The van der Waals surface area contributed by atoms with Crippen LogP contribution in [0.1, 0.15) is 61.6 Å². The second-order valence-electron chi connectivity index (χ2n) is 7.80. The molecule has 2 aromatic carbocycles. The van der Waals surface area contributed by atoms with Crippen molar-refractivity contribution in [2.75, 3.05) is 0 Å². The SMILES string of the molecule is CC/C=C\C1CCC(c2cc(F)c(C(F)(F)Oc3cc(F)c(C#N)c(F)c3)c(F)c2)CC1. The standard InChI is InChI=1S/C24H21F6NO/c1-2-3-4-14-5-7-15(8-6-14)16-9-21(27)23(22(28)10-16)24(29,30)32-17-11-19(25)18(13-31)20(26)12-17/h3-4,9-12,14-15H,2,5-8H2,1H3/b4-3-. The van der Waals surface area contributed by atoms with E-state index in [1.54, 1.807) is 0 Å². The van der Waals surface area contributed by atoms with Crippen LogP contribution in [0.4, 0.5) is 26.3 Å². The van der Waals surface area contributed by atoms with E-state index >= 15 is 0 Å². The first-order valence-electron chi connectivity index (χ1n) is 10.3. The molecule has 0 atom stereocenters. The first-order chi connectivity index (χ1) is 15.2. The van der Waals surface area contributed by atoms with Crippen molar-refractivity contribution in [3.63, 3.8) is 0 Å². The lowest BCUT2D eigenvalue weighted by molar-refractivity contribution is -0.189. The fraction of sp³-hybridized carbons (Fsp3) is 0.375. The maximum absolute atomic E-state index is 14.6. The van der Waals surface area contributed by atoms with Gasteiger partial charge in [-0.25, -0.2) is 17.6 Å². The van der Waals surface area contributed by atoms with E-state index in [1.807, 2.05) is 6.92 Å². The van der Waals surface area contributed by atoms with Gasteiger partial charge in [0.2, 0.25) is 0 Å². The Labute approximate surface area is 182 Å². The lowest BCUT2D eigenvalue weighted by Gasteiger charge is -2.28. The maximum atomic E-state index is 14.6. The molecule has 0 unspecified atom stereocenters. The largest absolute Gasteiger partial charge is 0.432 e. The second kappa shape index (κ2) is 9.68. The van der Waals surface area contributed by atoms with Crippen molar-refractivity contribution in [1.82, 2.24) is 0 Å². The molecule has 0 N–H and O–H groups in total. The van der Waals surface area contributed by atoms with E-state index in [0.29, 0.717) is 30.9 Å². The zero-order valence-electron chi connectivity index (χ0n) is 17.3. The highest BCUT2D eigenvalue weighted by Crippen LogP contribution is 2.40. The van der Waals surface area contributed by atoms with Crippen LogP contribution in [0.5, 0.6) is 5.75 Å². The number of hydrogen-bond acceptors (Lipinski definition) is 2. The van der Waals surface area contributed by atoms with Crippen molar-refractivity contribution in [3.05, 3.63) is 76.4 Å². The van der Waals surface area contributed by atoms with Crippen molar-refractivity contribution in [1.29, 1.82) is 5.26 Å². The predicted molar refractivity (Wildman–Crippen MR) is 106 cm³/mol. The first-order valence-corrected chi connectivity index (χ1v) is 10.3. The third-order valence-corrected chi connectivity index (χ3v) is 5.62. The number of hydrogen-bond donors (Lipinski definition) is 0. The Balaban J connectivity index is 1.81. The quantitative estimate of drug-likeness (QED) is 0.336. The summed E-state index contributed by atoms with van der Waals surface area (Å²) in [6.45, 7) is 2.03. The van der Waals surface area contributed by atoms with Gasteiger partial charge < -0.3 is 4.74 Å². The van der Waals surface area contributed by atoms with E-state index in [2.05, 4.69) is 16.9 Å². The molecule has 8 heteroatoms. The first kappa shape index (κ1) is 23.7. The summed E-state index contributed by atoms with van der Waals surface area (Å²) in [6.07, 6.45) is 3.61. The van der Waals surface area contributed by atoms with Crippen LogP contribution in [-0.2, 0) is 6.11 Å². The van der Waals surface area contributed by atoms with Gasteiger partial charge in [-0.2, -0.15) is 14.0 Å². The summed E-state index contributed by atoms with van der Waals surface area (Å²) in [5.74, 6) is -6.65. The Hall–Kier alpha value is -2.95. The monoisotopic (exact) mass is 453 g/mol. The molecule has 2 nitrogen and oxygen atoms in total. The average Bonchev–Trinajstić information content (AvgIpc) is 2.71. The maximum Gasteiger partial charge on any atom is 0.432 e. The zero-order valence-corrected chi connectivity index (χ0v) is 17.3. The number of nitrogens with zero attached hydrogens (tertiary/aromatic N) is 1. The summed E-state index contributed by atoms with van der Waals surface area (Å²) in [5, 5.41) is 8.64. The molecule has 2 aromatic rings. The van der Waals surface area contributed by atoms with E-state index < -0.39 is 46.3 Å². The minimum atomic E-state index is -4.54. The minimum absolute atomic E-state index is 0.157. The third kappa shape index (κ3) is 5.09. The van der Waals surface area contributed by atoms with Crippen LogP contribution in [0.2, 0.25) is 0 Å². The molecule has 0 bridgehead atoms. The molecule has 0 saturated heterocycles. The van der Waals surface area contributed by atoms with Crippen molar-refractivity contribution >= 4 is 0 Å². The van der Waals surface area contributed by atoms with Crippen molar-refractivity contribution < 1.29 is 31.1 Å². The third-order valence-electron chi connectivity index (χ3n) is 5.62. The van der Waals surface area contributed by atoms with Crippen molar-refractivity contribution in [3.8, 4) is 11.8 Å². The zero-order chi connectivity index (χ0) is 23.5. The molecule has 3 rings (SSSR count). The summed E-state index contributed by atoms with van der Waals surface area (Å²) in [6, 6.07) is 3.67. The lowest BCUT2D eigenvalue weighted by Crippen LogP contribution is -2.26. The Morgan fingerprint density at radius 3 is 2.03 bits per heavy atom. The van der Waals surface area contributed by atoms with Crippen LogP contribution >= 0.6 is 0 Å². The van der Waals surface area contributed by atoms with Crippen LogP contribution in [-0.4, -0.2) is 0 Å². The van der Waals surface area contributed by atoms with Gasteiger partial charge in [-0.3, -0.25) is 0 Å². The molecule has 1 aliphatic carbocycles. The van der Waals surface area contributed by atoms with Gasteiger partial charge in [-0.05, 0) is 61.6 Å². The Bertz CT molecular complexity index is 1000.